The fourth-order valence-corrected chi connectivity index (χ4v) is 2.01. The molecule has 0 saturated carbocycles. The first kappa shape index (κ1) is 13.5. The molecule has 21 heavy (non-hydrogen) atoms. The summed E-state index contributed by atoms with van der Waals surface area (Å²) in [6, 6.07) is 3.91. The fraction of sp³-hybridized carbons (Fsp3) is 0.154. The highest BCUT2D eigenvalue weighted by atomic mass is 19.4. The van der Waals surface area contributed by atoms with Crippen LogP contribution in [0.25, 0.3) is 16.7 Å². The number of fused-ring (bicyclic) bond motifs is 1. The van der Waals surface area contributed by atoms with Gasteiger partial charge in [0.25, 0.3) is 0 Å². The first-order valence-electron chi connectivity index (χ1n) is 5.91. The van der Waals surface area contributed by atoms with Crippen LogP contribution in [0.5, 0.6) is 0 Å². The van der Waals surface area contributed by atoms with Gasteiger partial charge in [-0.3, -0.25) is 4.57 Å². The lowest BCUT2D eigenvalue weighted by Crippen LogP contribution is -2.14. The number of aromatic nitrogens is 4. The summed E-state index contributed by atoms with van der Waals surface area (Å²) in [6.07, 6.45) is -1.88. The highest BCUT2D eigenvalue weighted by molar-refractivity contribution is 5.86. The molecule has 0 aliphatic rings. The smallest absolute Gasteiger partial charge is 0.288 e. The summed E-state index contributed by atoms with van der Waals surface area (Å²) in [5.74, 6) is -1.84. The molecule has 0 fully saturated rings. The maximum Gasteiger partial charge on any atom is 0.451 e. The summed E-state index contributed by atoms with van der Waals surface area (Å²) in [6.45, 7) is 1.61. The SMILES string of the molecule is Cc1nccn1-c1nc(C(F)(F)F)nc2c(F)cccc12. The topological polar surface area (TPSA) is 43.6 Å². The van der Waals surface area contributed by atoms with Crippen molar-refractivity contribution in [2.24, 2.45) is 0 Å². The molecule has 1 aromatic carbocycles. The Morgan fingerprint density at radius 1 is 1.14 bits per heavy atom. The molecule has 0 radical (unpaired) electrons. The number of imidazole rings is 1. The van der Waals surface area contributed by atoms with Crippen LogP contribution in [0.15, 0.2) is 30.6 Å². The maximum absolute atomic E-state index is 13.8. The van der Waals surface area contributed by atoms with E-state index in [1.165, 1.54) is 29.1 Å². The minimum atomic E-state index is -4.76. The highest BCUT2D eigenvalue weighted by Gasteiger charge is 2.36. The Labute approximate surface area is 116 Å². The van der Waals surface area contributed by atoms with E-state index >= 15 is 0 Å². The van der Waals surface area contributed by atoms with Gasteiger partial charge in [-0.15, -0.1) is 0 Å². The van der Waals surface area contributed by atoms with Crippen molar-refractivity contribution < 1.29 is 17.6 Å². The Morgan fingerprint density at radius 3 is 2.52 bits per heavy atom. The molecular weight excluding hydrogens is 288 g/mol. The summed E-state index contributed by atoms with van der Waals surface area (Å²) in [4.78, 5) is 10.8. The van der Waals surface area contributed by atoms with Crippen molar-refractivity contribution >= 4 is 10.9 Å². The van der Waals surface area contributed by atoms with Crippen LogP contribution in [0, 0.1) is 12.7 Å². The molecule has 2 aromatic heterocycles. The number of alkyl halides is 3. The monoisotopic (exact) mass is 296 g/mol. The van der Waals surface area contributed by atoms with Crippen molar-refractivity contribution in [3.05, 3.63) is 48.1 Å². The first-order chi connectivity index (χ1) is 9.88. The van der Waals surface area contributed by atoms with Gasteiger partial charge in [-0.25, -0.2) is 19.3 Å². The predicted octanol–water partition coefficient (Wildman–Crippen LogP) is 3.28. The molecule has 0 N–H and O–H groups in total. The fourth-order valence-electron chi connectivity index (χ4n) is 2.01. The second-order valence-corrected chi connectivity index (χ2v) is 4.35. The molecule has 0 unspecified atom stereocenters. The van der Waals surface area contributed by atoms with E-state index in [1.54, 1.807) is 6.92 Å². The lowest BCUT2D eigenvalue weighted by Gasteiger charge is -2.12. The van der Waals surface area contributed by atoms with Gasteiger partial charge < -0.3 is 0 Å². The molecule has 4 nitrogen and oxygen atoms in total. The van der Waals surface area contributed by atoms with Crippen molar-refractivity contribution in [1.29, 1.82) is 0 Å². The van der Waals surface area contributed by atoms with Crippen molar-refractivity contribution in [3.8, 4) is 5.82 Å². The van der Waals surface area contributed by atoms with Crippen molar-refractivity contribution in [3.63, 3.8) is 0 Å². The number of nitrogens with zero attached hydrogens (tertiary/aromatic N) is 4. The molecule has 2 heterocycles. The Kier molecular flexibility index (Phi) is 2.89. The quantitative estimate of drug-likeness (QED) is 0.647. The van der Waals surface area contributed by atoms with E-state index in [4.69, 9.17) is 0 Å². The summed E-state index contributed by atoms with van der Waals surface area (Å²) in [7, 11) is 0. The van der Waals surface area contributed by atoms with Gasteiger partial charge >= 0.3 is 6.18 Å². The van der Waals surface area contributed by atoms with Gasteiger partial charge in [0, 0.05) is 17.8 Å². The molecular formula is C13H8F4N4. The van der Waals surface area contributed by atoms with E-state index < -0.39 is 17.8 Å². The standard InChI is InChI=1S/C13H8F4N4/c1-7-18-5-6-21(7)11-8-3-2-4-9(14)10(8)19-12(20-11)13(15,16)17/h2-6H,1H3. The Bertz CT molecular complexity index is 823. The first-order valence-corrected chi connectivity index (χ1v) is 5.91. The van der Waals surface area contributed by atoms with Crippen molar-refractivity contribution in [1.82, 2.24) is 19.5 Å². The van der Waals surface area contributed by atoms with Crippen LogP contribution in [-0.4, -0.2) is 19.5 Å². The average molecular weight is 296 g/mol. The molecule has 8 heteroatoms. The van der Waals surface area contributed by atoms with Crippen molar-refractivity contribution in [2.45, 2.75) is 13.1 Å². The average Bonchev–Trinajstić information content (AvgIpc) is 2.83. The van der Waals surface area contributed by atoms with E-state index in [0.717, 1.165) is 6.07 Å². The molecule has 108 valence electrons. The van der Waals surface area contributed by atoms with E-state index in [1.807, 2.05) is 0 Å². The number of hydrogen-bond donors (Lipinski definition) is 0. The predicted molar refractivity (Wildman–Crippen MR) is 66.4 cm³/mol. The van der Waals surface area contributed by atoms with E-state index in [9.17, 15) is 17.6 Å². The number of halogens is 4. The second kappa shape index (κ2) is 4.51. The number of benzene rings is 1. The van der Waals surface area contributed by atoms with Crippen LogP contribution in [0.4, 0.5) is 17.6 Å². The van der Waals surface area contributed by atoms with Gasteiger partial charge in [-0.05, 0) is 19.1 Å². The largest absolute Gasteiger partial charge is 0.451 e. The molecule has 0 saturated heterocycles. The van der Waals surface area contributed by atoms with Gasteiger partial charge in [-0.2, -0.15) is 13.2 Å². The summed E-state index contributed by atoms with van der Waals surface area (Å²) >= 11 is 0. The lowest BCUT2D eigenvalue weighted by molar-refractivity contribution is -0.144. The zero-order valence-electron chi connectivity index (χ0n) is 10.7. The van der Waals surface area contributed by atoms with Gasteiger partial charge in [0.15, 0.2) is 0 Å². The van der Waals surface area contributed by atoms with Gasteiger partial charge in [-0.1, -0.05) is 6.07 Å². The third-order valence-corrected chi connectivity index (χ3v) is 2.96. The Balaban J connectivity index is 2.42. The number of rotatable bonds is 1. The lowest BCUT2D eigenvalue weighted by atomic mass is 10.2. The van der Waals surface area contributed by atoms with Crippen LogP contribution < -0.4 is 0 Å². The van der Waals surface area contributed by atoms with E-state index in [0.29, 0.717) is 5.82 Å². The number of aryl methyl sites for hydroxylation is 1. The third-order valence-electron chi connectivity index (χ3n) is 2.96. The summed E-state index contributed by atoms with van der Waals surface area (Å²) < 4.78 is 53.8. The van der Waals surface area contributed by atoms with Crippen molar-refractivity contribution in [2.75, 3.05) is 0 Å². The Hall–Kier alpha value is -2.51. The second-order valence-electron chi connectivity index (χ2n) is 4.35. The number of hydrogen-bond acceptors (Lipinski definition) is 3. The molecule has 3 rings (SSSR count). The molecule has 0 bridgehead atoms. The molecule has 3 aromatic rings. The third kappa shape index (κ3) is 2.22. The van der Waals surface area contributed by atoms with Crippen LogP contribution in [0.2, 0.25) is 0 Å². The van der Waals surface area contributed by atoms with Gasteiger partial charge in [0.2, 0.25) is 5.82 Å². The van der Waals surface area contributed by atoms with E-state index in [-0.39, 0.29) is 16.7 Å². The zero-order valence-corrected chi connectivity index (χ0v) is 10.7. The van der Waals surface area contributed by atoms with Gasteiger partial charge in [0.05, 0.1) is 0 Å². The van der Waals surface area contributed by atoms with Crippen LogP contribution in [-0.2, 0) is 6.18 Å². The highest BCUT2D eigenvalue weighted by Crippen LogP contribution is 2.30. The summed E-state index contributed by atoms with van der Waals surface area (Å²) in [5, 5.41) is 0.184. The Morgan fingerprint density at radius 2 is 1.90 bits per heavy atom. The van der Waals surface area contributed by atoms with Gasteiger partial charge in [0.1, 0.15) is 23.0 Å². The zero-order chi connectivity index (χ0) is 15.2. The van der Waals surface area contributed by atoms with E-state index in [2.05, 4.69) is 15.0 Å². The van der Waals surface area contributed by atoms with Crippen LogP contribution >= 0.6 is 0 Å². The minimum Gasteiger partial charge on any atom is -0.288 e. The van der Waals surface area contributed by atoms with Crippen LogP contribution in [0.3, 0.4) is 0 Å². The maximum atomic E-state index is 13.8. The normalized spacial score (nSPS) is 12.0. The molecule has 0 atom stereocenters. The molecule has 0 spiro atoms. The number of para-hydroxylation sites is 1. The molecule has 0 amide bonds. The minimum absolute atomic E-state index is 0.0539. The molecule has 0 aliphatic carbocycles. The summed E-state index contributed by atoms with van der Waals surface area (Å²) in [5.41, 5.74) is -0.372. The van der Waals surface area contributed by atoms with Crippen LogP contribution in [0.1, 0.15) is 11.6 Å². The molecule has 0 aliphatic heterocycles.